The van der Waals surface area contributed by atoms with Crippen LogP contribution in [0.15, 0.2) is 29.7 Å². The molecule has 156 valence electrons. The Bertz CT molecular complexity index is 854. The number of nitro groups is 1. The number of nitrogens with zero attached hydrogens (tertiary/aromatic N) is 4. The van der Waals surface area contributed by atoms with Crippen molar-refractivity contribution in [2.24, 2.45) is 17.0 Å². The highest BCUT2D eigenvalue weighted by Crippen LogP contribution is 2.38. The summed E-state index contributed by atoms with van der Waals surface area (Å²) in [6.45, 7) is -0.156. The van der Waals surface area contributed by atoms with Crippen molar-refractivity contribution in [1.29, 1.82) is 0 Å². The zero-order valence-corrected chi connectivity index (χ0v) is 17.6. The SMILES string of the molecule is CN(C)c1cc[n+](CC(=O)ON=C2C(=O)C3CCCC([N+](=O)[O-])C3C2=O)cc1.[Br-]. The Hall–Kier alpha value is -2.69. The molecule has 3 unspecified atom stereocenters. The Balaban J connectivity index is 0.00000300. The second-order valence-corrected chi connectivity index (χ2v) is 7.17. The molecule has 3 rings (SSSR count). The van der Waals surface area contributed by atoms with Crippen LogP contribution in [0.2, 0.25) is 0 Å². The molecule has 0 spiro atoms. The number of carbonyl (C=O) groups excluding carboxylic acids is 3. The summed E-state index contributed by atoms with van der Waals surface area (Å²) in [5.74, 6) is -3.79. The Morgan fingerprint density at radius 3 is 2.52 bits per heavy atom. The smallest absolute Gasteiger partial charge is 0.399 e. The summed E-state index contributed by atoms with van der Waals surface area (Å²) in [7, 11) is 3.78. The number of fused-ring (bicyclic) bond motifs is 1. The number of aromatic nitrogens is 1. The lowest BCUT2D eigenvalue weighted by Crippen LogP contribution is -3.00. The molecule has 0 aliphatic heterocycles. The lowest BCUT2D eigenvalue weighted by molar-refractivity contribution is -0.685. The van der Waals surface area contributed by atoms with E-state index < -0.39 is 46.0 Å². The Kier molecular flexibility index (Phi) is 7.17. The van der Waals surface area contributed by atoms with Crippen molar-refractivity contribution in [3.63, 3.8) is 0 Å². The second kappa shape index (κ2) is 9.21. The molecule has 3 atom stereocenters. The predicted molar refractivity (Wildman–Crippen MR) is 96.1 cm³/mol. The van der Waals surface area contributed by atoms with E-state index in [-0.39, 0.29) is 29.9 Å². The molecule has 1 heterocycles. The highest BCUT2D eigenvalue weighted by molar-refractivity contribution is 6.70. The van der Waals surface area contributed by atoms with E-state index in [1.165, 1.54) is 0 Å². The first-order chi connectivity index (χ1) is 13.3. The van der Waals surface area contributed by atoms with Crippen LogP contribution in [-0.2, 0) is 25.8 Å². The van der Waals surface area contributed by atoms with E-state index in [0.717, 1.165) is 5.69 Å². The molecule has 0 bridgehead atoms. The van der Waals surface area contributed by atoms with Gasteiger partial charge in [0.15, 0.2) is 29.7 Å². The molecular weight excluding hydrogens is 448 g/mol. The molecule has 0 saturated heterocycles. The van der Waals surface area contributed by atoms with Gasteiger partial charge in [0.05, 0.1) is 0 Å². The van der Waals surface area contributed by atoms with Crippen molar-refractivity contribution < 1.29 is 45.7 Å². The van der Waals surface area contributed by atoms with E-state index in [2.05, 4.69) is 5.16 Å². The van der Waals surface area contributed by atoms with Gasteiger partial charge in [-0.1, -0.05) is 5.16 Å². The zero-order valence-electron chi connectivity index (χ0n) is 16.0. The van der Waals surface area contributed by atoms with Gasteiger partial charge in [-0.2, -0.15) is 4.57 Å². The first-order valence-electron chi connectivity index (χ1n) is 8.95. The molecule has 0 amide bonds. The van der Waals surface area contributed by atoms with E-state index >= 15 is 0 Å². The number of anilines is 1. The van der Waals surface area contributed by atoms with Crippen molar-refractivity contribution in [3.05, 3.63) is 34.6 Å². The first kappa shape index (κ1) is 22.6. The lowest BCUT2D eigenvalue weighted by Gasteiger charge is -2.24. The van der Waals surface area contributed by atoms with Gasteiger partial charge in [-0.25, -0.2) is 4.79 Å². The number of hydrogen-bond donors (Lipinski definition) is 0. The van der Waals surface area contributed by atoms with Crippen LogP contribution in [0.25, 0.3) is 0 Å². The fourth-order valence-corrected chi connectivity index (χ4v) is 3.73. The zero-order chi connectivity index (χ0) is 20.4. The van der Waals surface area contributed by atoms with Gasteiger partial charge in [0.2, 0.25) is 12.6 Å². The Morgan fingerprint density at radius 2 is 1.93 bits per heavy atom. The third kappa shape index (κ3) is 4.66. The van der Waals surface area contributed by atoms with E-state index in [9.17, 15) is 24.5 Å². The van der Waals surface area contributed by atoms with Crippen molar-refractivity contribution >= 4 is 28.9 Å². The minimum absolute atomic E-state index is 0. The monoisotopic (exact) mass is 468 g/mol. The minimum atomic E-state index is -1.09. The third-order valence-corrected chi connectivity index (χ3v) is 5.18. The van der Waals surface area contributed by atoms with Crippen LogP contribution >= 0.6 is 0 Å². The van der Waals surface area contributed by atoms with Gasteiger partial charge >= 0.3 is 5.97 Å². The van der Waals surface area contributed by atoms with Crippen molar-refractivity contribution in [2.75, 3.05) is 19.0 Å². The van der Waals surface area contributed by atoms with E-state index in [4.69, 9.17) is 4.84 Å². The molecule has 1 aromatic heterocycles. The maximum atomic E-state index is 12.5. The molecule has 2 aliphatic rings. The van der Waals surface area contributed by atoms with Gasteiger partial charge in [-0.15, -0.1) is 0 Å². The predicted octanol–water partition coefficient (Wildman–Crippen LogP) is -2.84. The van der Waals surface area contributed by atoms with Gasteiger partial charge in [-0.05, 0) is 12.8 Å². The maximum Gasteiger partial charge on any atom is 0.399 e. The standard InChI is InChI=1S/C18H21N4O6.BrH/c1-20(2)11-6-8-21(9-7-11)10-14(23)28-19-16-17(24)12-4-3-5-13(22(26)27)15(12)18(16)25;/h6-9,12-13,15H,3-5,10H2,1-2H3;1H/q+1;/p-1. The summed E-state index contributed by atoms with van der Waals surface area (Å²) in [5.41, 5.74) is 0.458. The molecule has 0 radical (unpaired) electrons. The number of rotatable bonds is 5. The maximum absolute atomic E-state index is 12.5. The van der Waals surface area contributed by atoms with Crippen molar-refractivity contribution in [1.82, 2.24) is 0 Å². The second-order valence-electron chi connectivity index (χ2n) is 7.17. The van der Waals surface area contributed by atoms with Crippen LogP contribution in [0, 0.1) is 22.0 Å². The molecule has 0 N–H and O–H groups in total. The Labute approximate surface area is 177 Å². The molecule has 0 aromatic carbocycles. The summed E-state index contributed by atoms with van der Waals surface area (Å²) in [6, 6.07) is 2.53. The number of oxime groups is 1. The van der Waals surface area contributed by atoms with Gasteiger partial charge < -0.3 is 26.7 Å². The van der Waals surface area contributed by atoms with Crippen LogP contribution in [0.5, 0.6) is 0 Å². The van der Waals surface area contributed by atoms with Crippen LogP contribution in [0.3, 0.4) is 0 Å². The van der Waals surface area contributed by atoms with Crippen molar-refractivity contribution in [2.45, 2.75) is 31.8 Å². The number of pyridine rings is 1. The average Bonchev–Trinajstić information content (AvgIpc) is 2.91. The van der Waals surface area contributed by atoms with E-state index in [1.54, 1.807) is 17.0 Å². The summed E-state index contributed by atoms with van der Waals surface area (Å²) in [4.78, 5) is 54.2. The molecule has 2 aliphatic carbocycles. The molecular formula is C18H21BrN4O6. The molecule has 1 aromatic rings. The highest BCUT2D eigenvalue weighted by atomic mass is 79.9. The topological polar surface area (TPSA) is 123 Å². The molecule has 11 heteroatoms. The van der Waals surface area contributed by atoms with E-state index in [1.807, 2.05) is 31.1 Å². The number of ketones is 2. The van der Waals surface area contributed by atoms with Crippen LogP contribution in [-0.4, -0.2) is 48.3 Å². The first-order valence-corrected chi connectivity index (χ1v) is 8.95. The van der Waals surface area contributed by atoms with Crippen molar-refractivity contribution in [3.8, 4) is 0 Å². The summed E-state index contributed by atoms with van der Waals surface area (Å²) >= 11 is 0. The van der Waals surface area contributed by atoms with Gasteiger partial charge in [0, 0.05) is 49.2 Å². The van der Waals surface area contributed by atoms with Crippen LogP contribution in [0.4, 0.5) is 5.69 Å². The fourth-order valence-electron chi connectivity index (χ4n) is 3.73. The van der Waals surface area contributed by atoms with E-state index in [0.29, 0.717) is 12.8 Å². The number of carbonyl (C=O) groups is 3. The summed E-state index contributed by atoms with van der Waals surface area (Å²) < 4.78 is 1.57. The highest BCUT2D eigenvalue weighted by Gasteiger charge is 2.56. The van der Waals surface area contributed by atoms with Gasteiger partial charge in [0.25, 0.3) is 0 Å². The minimum Gasteiger partial charge on any atom is -1.00 e. The average molecular weight is 469 g/mol. The lowest BCUT2D eigenvalue weighted by atomic mass is 9.77. The number of Topliss-reactive ketones (excluding diaryl/α,β-unsaturated/α-hetero) is 2. The molecule has 2 fully saturated rings. The quantitative estimate of drug-likeness (QED) is 0.197. The number of hydrogen-bond acceptors (Lipinski definition) is 8. The third-order valence-electron chi connectivity index (χ3n) is 5.18. The van der Waals surface area contributed by atoms with Crippen LogP contribution in [0.1, 0.15) is 19.3 Å². The molecule has 2 saturated carbocycles. The van der Waals surface area contributed by atoms with Gasteiger partial charge in [0.1, 0.15) is 5.92 Å². The normalized spacial score (nSPS) is 24.6. The Morgan fingerprint density at radius 1 is 1.28 bits per heavy atom. The molecule has 29 heavy (non-hydrogen) atoms. The largest absolute Gasteiger partial charge is 1.00 e. The molecule has 10 nitrogen and oxygen atoms in total. The summed E-state index contributed by atoms with van der Waals surface area (Å²) in [5, 5.41) is 14.7. The van der Waals surface area contributed by atoms with Crippen LogP contribution < -0.4 is 26.4 Å². The fraction of sp³-hybridized carbons (Fsp3) is 0.500. The number of halogens is 1. The summed E-state index contributed by atoms with van der Waals surface area (Å²) in [6.07, 6.45) is 4.52. The van der Waals surface area contributed by atoms with Gasteiger partial charge in [-0.3, -0.25) is 19.7 Å².